The van der Waals surface area contributed by atoms with Crippen molar-refractivity contribution in [3.63, 3.8) is 0 Å². The number of nitrogens with zero attached hydrogens (tertiary/aromatic N) is 2. The van der Waals surface area contributed by atoms with Gasteiger partial charge in [-0.1, -0.05) is 30.3 Å². The highest BCUT2D eigenvalue weighted by atomic mass is 32.2. The second kappa shape index (κ2) is 6.30. The van der Waals surface area contributed by atoms with Gasteiger partial charge in [-0.2, -0.15) is 17.0 Å². The van der Waals surface area contributed by atoms with Gasteiger partial charge in [-0.3, -0.25) is 4.79 Å². The largest absolute Gasteiger partial charge is 0.480 e. The van der Waals surface area contributed by atoms with Gasteiger partial charge in [-0.25, -0.2) is 4.79 Å². The van der Waals surface area contributed by atoms with Crippen molar-refractivity contribution in [3.05, 3.63) is 35.9 Å². The van der Waals surface area contributed by atoms with E-state index in [9.17, 15) is 23.1 Å². The Kier molecular flexibility index (Phi) is 4.84. The van der Waals surface area contributed by atoms with Crippen molar-refractivity contribution in [2.45, 2.75) is 45.4 Å². The Morgan fingerprint density at radius 2 is 1.80 bits per heavy atom. The van der Waals surface area contributed by atoms with Gasteiger partial charge in [-0.05, 0) is 33.3 Å². The van der Waals surface area contributed by atoms with Gasteiger partial charge in [0.2, 0.25) is 0 Å². The van der Waals surface area contributed by atoms with Gasteiger partial charge in [0.1, 0.15) is 5.60 Å². The summed E-state index contributed by atoms with van der Waals surface area (Å²) < 4.78 is 32.1. The molecule has 1 aromatic carbocycles. The molecule has 1 amide bonds. The van der Waals surface area contributed by atoms with E-state index < -0.39 is 40.0 Å². The Labute approximate surface area is 147 Å². The molecular weight excluding hydrogens is 348 g/mol. The van der Waals surface area contributed by atoms with Gasteiger partial charge in [0, 0.05) is 6.54 Å². The van der Waals surface area contributed by atoms with Gasteiger partial charge < -0.3 is 9.84 Å². The van der Waals surface area contributed by atoms with E-state index in [2.05, 4.69) is 0 Å². The number of hydrogen-bond donors (Lipinski definition) is 1. The molecule has 25 heavy (non-hydrogen) atoms. The second-order valence-electron chi connectivity index (χ2n) is 7.07. The van der Waals surface area contributed by atoms with Crippen LogP contribution in [-0.4, -0.2) is 51.9 Å². The Bertz CT molecular complexity index is 772. The van der Waals surface area contributed by atoms with Crippen LogP contribution in [0.4, 0.5) is 4.79 Å². The van der Waals surface area contributed by atoms with Crippen LogP contribution in [0.3, 0.4) is 0 Å². The highest BCUT2D eigenvalue weighted by molar-refractivity contribution is 7.87. The number of carboxylic acid groups (broad SMARTS) is 1. The first-order chi connectivity index (χ1) is 11.4. The first kappa shape index (κ1) is 19.2. The van der Waals surface area contributed by atoms with E-state index in [4.69, 9.17) is 4.74 Å². The quantitative estimate of drug-likeness (QED) is 0.870. The molecule has 1 aliphatic heterocycles. The van der Waals surface area contributed by atoms with Crippen LogP contribution in [0.2, 0.25) is 0 Å². The van der Waals surface area contributed by atoms with Crippen LogP contribution in [0, 0.1) is 0 Å². The first-order valence-electron chi connectivity index (χ1n) is 7.69. The number of aliphatic carboxylic acids is 1. The van der Waals surface area contributed by atoms with Crippen molar-refractivity contribution in [2.24, 2.45) is 0 Å². The molecule has 0 saturated carbocycles. The molecule has 0 spiro atoms. The summed E-state index contributed by atoms with van der Waals surface area (Å²) in [6.07, 6.45) is -1.09. The number of carbonyl (C=O) groups excluding carboxylic acids is 1. The van der Waals surface area contributed by atoms with Crippen molar-refractivity contribution in [3.8, 4) is 0 Å². The predicted molar refractivity (Wildman–Crippen MR) is 89.9 cm³/mol. The van der Waals surface area contributed by atoms with Gasteiger partial charge in [-0.15, -0.1) is 0 Å². The molecule has 1 atom stereocenters. The molecule has 0 bridgehead atoms. The lowest BCUT2D eigenvalue weighted by Crippen LogP contribution is -2.50. The molecule has 1 heterocycles. The maximum absolute atomic E-state index is 12.8. The Balaban J connectivity index is 2.42. The molecule has 0 unspecified atom stereocenters. The first-order valence-corrected chi connectivity index (χ1v) is 9.08. The Hall–Kier alpha value is -2.13. The molecule has 1 saturated heterocycles. The summed E-state index contributed by atoms with van der Waals surface area (Å²) in [7, 11) is -4.34. The van der Waals surface area contributed by atoms with Crippen LogP contribution in [0.15, 0.2) is 30.3 Å². The van der Waals surface area contributed by atoms with Crippen molar-refractivity contribution in [2.75, 3.05) is 6.54 Å². The summed E-state index contributed by atoms with van der Waals surface area (Å²) in [5.74, 6) is -1.34. The van der Waals surface area contributed by atoms with Gasteiger partial charge >= 0.3 is 22.3 Å². The van der Waals surface area contributed by atoms with E-state index >= 15 is 0 Å². The smallest absolute Gasteiger partial charge is 0.425 e. The van der Waals surface area contributed by atoms with E-state index in [0.717, 1.165) is 4.31 Å². The third-order valence-corrected chi connectivity index (χ3v) is 5.71. The average Bonchev–Trinajstić information content (AvgIpc) is 2.68. The van der Waals surface area contributed by atoms with Gasteiger partial charge in [0.05, 0.1) is 6.54 Å². The van der Waals surface area contributed by atoms with Crippen LogP contribution < -0.4 is 0 Å². The summed E-state index contributed by atoms with van der Waals surface area (Å²) >= 11 is 0. The lowest BCUT2D eigenvalue weighted by molar-refractivity contribution is -0.146. The summed E-state index contributed by atoms with van der Waals surface area (Å²) in [4.78, 5) is 24.1. The number of benzene rings is 1. The lowest BCUT2D eigenvalue weighted by Gasteiger charge is -2.27. The standard InChI is InChI=1S/C16H22N2O6S/c1-15(2,3)24-14(21)17-11-16(4,13(19)20)18(25(17,22)23)10-12-8-6-5-7-9-12/h5-9H,10-11H2,1-4H3,(H,19,20)/t16-/m0/s1. The fourth-order valence-corrected chi connectivity index (χ4v) is 4.30. The van der Waals surface area contributed by atoms with Crippen molar-refractivity contribution < 1.29 is 27.9 Å². The highest BCUT2D eigenvalue weighted by Gasteiger charge is 2.58. The minimum absolute atomic E-state index is 0.161. The molecule has 138 valence electrons. The summed E-state index contributed by atoms with van der Waals surface area (Å²) in [5.41, 5.74) is -2.07. The minimum Gasteiger partial charge on any atom is -0.480 e. The van der Waals surface area contributed by atoms with E-state index in [1.165, 1.54) is 6.92 Å². The zero-order valence-electron chi connectivity index (χ0n) is 14.6. The topological polar surface area (TPSA) is 104 Å². The highest BCUT2D eigenvalue weighted by Crippen LogP contribution is 2.34. The molecule has 1 fully saturated rings. The summed E-state index contributed by atoms with van der Waals surface area (Å²) in [5, 5.41) is 9.60. The van der Waals surface area contributed by atoms with Gasteiger partial charge in [0.15, 0.2) is 5.54 Å². The van der Waals surface area contributed by atoms with Crippen molar-refractivity contribution >= 4 is 22.3 Å². The normalized spacial score (nSPS) is 23.4. The Morgan fingerprint density at radius 1 is 1.24 bits per heavy atom. The number of carbonyl (C=O) groups is 2. The monoisotopic (exact) mass is 370 g/mol. The van der Waals surface area contributed by atoms with Crippen LogP contribution >= 0.6 is 0 Å². The molecule has 9 heteroatoms. The average molecular weight is 370 g/mol. The van der Waals surface area contributed by atoms with Gasteiger partial charge in [0.25, 0.3) is 0 Å². The van der Waals surface area contributed by atoms with Crippen LogP contribution in [0.5, 0.6) is 0 Å². The molecule has 2 rings (SSSR count). The van der Waals surface area contributed by atoms with Crippen molar-refractivity contribution in [1.82, 2.24) is 8.61 Å². The lowest BCUT2D eigenvalue weighted by atomic mass is 10.0. The second-order valence-corrected chi connectivity index (χ2v) is 8.84. The number of amides is 1. The zero-order chi connectivity index (χ0) is 19.0. The molecule has 0 aromatic heterocycles. The molecule has 1 aromatic rings. The molecule has 0 radical (unpaired) electrons. The zero-order valence-corrected chi connectivity index (χ0v) is 15.4. The van der Waals surface area contributed by atoms with E-state index in [0.29, 0.717) is 9.87 Å². The number of carboxylic acids is 1. The maximum atomic E-state index is 12.8. The Morgan fingerprint density at radius 3 is 2.28 bits per heavy atom. The summed E-state index contributed by atoms with van der Waals surface area (Å²) in [6.45, 7) is 5.40. The van der Waals surface area contributed by atoms with Crippen LogP contribution in [0.1, 0.15) is 33.3 Å². The maximum Gasteiger partial charge on any atom is 0.425 e. The van der Waals surface area contributed by atoms with Crippen LogP contribution in [0.25, 0.3) is 0 Å². The number of rotatable bonds is 3. The van der Waals surface area contributed by atoms with E-state index in [-0.39, 0.29) is 6.54 Å². The minimum atomic E-state index is -4.34. The van der Waals surface area contributed by atoms with Crippen LogP contribution in [-0.2, 0) is 26.3 Å². The third kappa shape index (κ3) is 3.77. The fraction of sp³-hybridized carbons (Fsp3) is 0.500. The predicted octanol–water partition coefficient (Wildman–Crippen LogP) is 1.83. The van der Waals surface area contributed by atoms with Crippen molar-refractivity contribution in [1.29, 1.82) is 0 Å². The fourth-order valence-electron chi connectivity index (χ4n) is 2.46. The molecule has 0 aliphatic carbocycles. The number of hydrogen-bond acceptors (Lipinski definition) is 5. The molecular formula is C16H22N2O6S. The molecule has 1 aliphatic rings. The third-order valence-electron chi connectivity index (χ3n) is 3.79. The number of ether oxygens (including phenoxy) is 1. The summed E-state index contributed by atoms with van der Waals surface area (Å²) in [6, 6.07) is 8.59. The SMILES string of the molecule is CC(C)(C)OC(=O)N1C[C@@](C)(C(=O)O)N(Cc2ccccc2)S1(=O)=O. The molecule has 8 nitrogen and oxygen atoms in total. The molecule has 1 N–H and O–H groups in total. The van der Waals surface area contributed by atoms with E-state index in [1.54, 1.807) is 51.1 Å². The van der Waals surface area contributed by atoms with E-state index in [1.807, 2.05) is 0 Å².